The van der Waals surface area contributed by atoms with E-state index in [1.165, 1.54) is 25.7 Å². The molecule has 16 heavy (non-hydrogen) atoms. The van der Waals surface area contributed by atoms with Crippen LogP contribution in [0.25, 0.3) is 0 Å². The largest absolute Gasteiger partial charge is 0.301 e. The maximum atomic E-state index is 9.48. The molecule has 0 aromatic rings. The number of nitrogens with one attached hydrogen (secondary N) is 1. The van der Waals surface area contributed by atoms with Gasteiger partial charge in [-0.15, -0.1) is 0 Å². The Kier molecular flexibility index (Phi) is 2.98. The van der Waals surface area contributed by atoms with Crippen LogP contribution in [-0.4, -0.2) is 36.1 Å². The number of rotatable bonds is 4. The molecule has 1 saturated heterocycles. The van der Waals surface area contributed by atoms with Gasteiger partial charge >= 0.3 is 0 Å². The van der Waals surface area contributed by atoms with E-state index in [4.69, 9.17) is 0 Å². The molecule has 1 heterocycles. The van der Waals surface area contributed by atoms with E-state index in [1.807, 2.05) is 7.05 Å². The Morgan fingerprint density at radius 1 is 1.50 bits per heavy atom. The third kappa shape index (κ3) is 1.97. The quantitative estimate of drug-likeness (QED) is 0.786. The molecule has 2 rings (SSSR count). The van der Waals surface area contributed by atoms with Gasteiger partial charge in [-0.05, 0) is 59.0 Å². The fourth-order valence-electron chi connectivity index (χ4n) is 2.93. The molecule has 1 atom stereocenters. The minimum atomic E-state index is -0.304. The van der Waals surface area contributed by atoms with Crippen molar-refractivity contribution in [2.24, 2.45) is 5.92 Å². The first kappa shape index (κ1) is 11.9. The van der Waals surface area contributed by atoms with Crippen molar-refractivity contribution in [1.82, 2.24) is 10.2 Å². The number of hydrogen-bond donors (Lipinski definition) is 1. The van der Waals surface area contributed by atoms with E-state index in [9.17, 15) is 5.26 Å². The zero-order chi connectivity index (χ0) is 11.8. The first-order valence-corrected chi connectivity index (χ1v) is 6.39. The lowest BCUT2D eigenvalue weighted by Gasteiger charge is -2.38. The molecule has 0 aromatic heterocycles. The molecule has 0 bridgehead atoms. The standard InChI is InChI=1S/C13H23N3/c1-12(2)7-4-8-16(12)10-13(9-14,15-3)11-5-6-11/h11,15H,4-8,10H2,1-3H3. The van der Waals surface area contributed by atoms with Crippen LogP contribution in [0.2, 0.25) is 0 Å². The van der Waals surface area contributed by atoms with Gasteiger partial charge in [-0.1, -0.05) is 0 Å². The average molecular weight is 221 g/mol. The summed E-state index contributed by atoms with van der Waals surface area (Å²) in [5.74, 6) is 0.568. The smallest absolute Gasteiger partial charge is 0.122 e. The van der Waals surface area contributed by atoms with E-state index >= 15 is 0 Å². The Morgan fingerprint density at radius 2 is 2.19 bits per heavy atom. The highest BCUT2D eigenvalue weighted by Gasteiger charge is 2.48. The van der Waals surface area contributed by atoms with Crippen LogP contribution >= 0.6 is 0 Å². The monoisotopic (exact) mass is 221 g/mol. The van der Waals surface area contributed by atoms with Crippen LogP contribution in [0.4, 0.5) is 0 Å². The van der Waals surface area contributed by atoms with Crippen molar-refractivity contribution < 1.29 is 0 Å². The molecular formula is C13H23N3. The van der Waals surface area contributed by atoms with Crippen LogP contribution in [0, 0.1) is 17.2 Å². The third-order valence-corrected chi connectivity index (χ3v) is 4.43. The second kappa shape index (κ2) is 4.01. The summed E-state index contributed by atoms with van der Waals surface area (Å²) in [6, 6.07) is 2.54. The number of hydrogen-bond acceptors (Lipinski definition) is 3. The van der Waals surface area contributed by atoms with Crippen LogP contribution < -0.4 is 5.32 Å². The summed E-state index contributed by atoms with van der Waals surface area (Å²) in [6.07, 6.45) is 4.94. The number of likely N-dealkylation sites (N-methyl/N-ethyl adjacent to an activating group) is 1. The predicted molar refractivity (Wildman–Crippen MR) is 65.0 cm³/mol. The fourth-order valence-corrected chi connectivity index (χ4v) is 2.93. The Morgan fingerprint density at radius 3 is 2.56 bits per heavy atom. The zero-order valence-electron chi connectivity index (χ0n) is 10.7. The van der Waals surface area contributed by atoms with Gasteiger partial charge in [0.2, 0.25) is 0 Å². The minimum absolute atomic E-state index is 0.272. The van der Waals surface area contributed by atoms with Crippen molar-refractivity contribution >= 4 is 0 Å². The van der Waals surface area contributed by atoms with Crippen LogP contribution in [0.15, 0.2) is 0 Å². The Bertz CT molecular complexity index is 301. The normalized spacial score (nSPS) is 28.6. The highest BCUT2D eigenvalue weighted by atomic mass is 15.2. The lowest BCUT2D eigenvalue weighted by molar-refractivity contribution is 0.132. The van der Waals surface area contributed by atoms with E-state index < -0.39 is 0 Å². The molecule has 1 aliphatic heterocycles. The first-order chi connectivity index (χ1) is 7.54. The highest BCUT2D eigenvalue weighted by Crippen LogP contribution is 2.41. The van der Waals surface area contributed by atoms with Crippen molar-refractivity contribution in [2.75, 3.05) is 20.1 Å². The maximum Gasteiger partial charge on any atom is 0.122 e. The van der Waals surface area contributed by atoms with Crippen LogP contribution in [0.1, 0.15) is 39.5 Å². The Hall–Kier alpha value is -0.590. The van der Waals surface area contributed by atoms with Crippen LogP contribution in [0.3, 0.4) is 0 Å². The van der Waals surface area contributed by atoms with E-state index in [-0.39, 0.29) is 11.1 Å². The molecule has 1 N–H and O–H groups in total. The number of nitrogens with zero attached hydrogens (tertiary/aromatic N) is 2. The fraction of sp³-hybridized carbons (Fsp3) is 0.923. The second-order valence-corrected chi connectivity index (χ2v) is 5.94. The van der Waals surface area contributed by atoms with Crippen molar-refractivity contribution in [3.8, 4) is 6.07 Å². The third-order valence-electron chi connectivity index (χ3n) is 4.43. The molecule has 3 heteroatoms. The number of nitriles is 1. The van der Waals surface area contributed by atoms with E-state index in [0.717, 1.165) is 13.1 Å². The SMILES string of the molecule is CNC(C#N)(CN1CCCC1(C)C)C1CC1. The molecular weight excluding hydrogens is 198 g/mol. The molecule has 3 nitrogen and oxygen atoms in total. The highest BCUT2D eigenvalue weighted by molar-refractivity contribution is 5.17. The summed E-state index contributed by atoms with van der Waals surface area (Å²) in [7, 11) is 1.94. The molecule has 90 valence electrons. The molecule has 2 aliphatic rings. The van der Waals surface area contributed by atoms with E-state index in [0.29, 0.717) is 5.92 Å². The topological polar surface area (TPSA) is 39.1 Å². The van der Waals surface area contributed by atoms with Crippen molar-refractivity contribution in [3.63, 3.8) is 0 Å². The summed E-state index contributed by atoms with van der Waals surface area (Å²) in [5.41, 5.74) is -0.0323. The maximum absolute atomic E-state index is 9.48. The van der Waals surface area contributed by atoms with Gasteiger partial charge in [0.25, 0.3) is 0 Å². The van der Waals surface area contributed by atoms with Gasteiger partial charge in [0, 0.05) is 12.1 Å². The van der Waals surface area contributed by atoms with Crippen LogP contribution in [0.5, 0.6) is 0 Å². The van der Waals surface area contributed by atoms with Crippen LogP contribution in [-0.2, 0) is 0 Å². The molecule has 1 aliphatic carbocycles. The van der Waals surface area contributed by atoms with Gasteiger partial charge < -0.3 is 5.32 Å². The van der Waals surface area contributed by atoms with Gasteiger partial charge in [-0.25, -0.2) is 0 Å². The van der Waals surface area contributed by atoms with Crippen molar-refractivity contribution in [3.05, 3.63) is 0 Å². The Balaban J connectivity index is 2.09. The molecule has 1 unspecified atom stereocenters. The van der Waals surface area contributed by atoms with Gasteiger partial charge in [0.1, 0.15) is 5.54 Å². The summed E-state index contributed by atoms with van der Waals surface area (Å²) >= 11 is 0. The predicted octanol–water partition coefficient (Wildman–Crippen LogP) is 1.75. The average Bonchev–Trinajstić information content (AvgIpc) is 3.03. The number of likely N-dealkylation sites (tertiary alicyclic amines) is 1. The van der Waals surface area contributed by atoms with Crippen molar-refractivity contribution in [2.45, 2.75) is 50.6 Å². The van der Waals surface area contributed by atoms with E-state index in [2.05, 4.69) is 30.1 Å². The lowest BCUT2D eigenvalue weighted by atomic mass is 9.92. The summed E-state index contributed by atoms with van der Waals surface area (Å²) in [6.45, 7) is 6.62. The van der Waals surface area contributed by atoms with Gasteiger partial charge in [-0.3, -0.25) is 4.90 Å². The minimum Gasteiger partial charge on any atom is -0.301 e. The Labute approximate surface area is 98.8 Å². The first-order valence-electron chi connectivity index (χ1n) is 6.39. The molecule has 0 spiro atoms. The lowest BCUT2D eigenvalue weighted by Crippen LogP contribution is -2.56. The summed E-state index contributed by atoms with van der Waals surface area (Å²) < 4.78 is 0. The molecule has 2 fully saturated rings. The molecule has 0 amide bonds. The molecule has 0 aromatic carbocycles. The second-order valence-electron chi connectivity index (χ2n) is 5.94. The van der Waals surface area contributed by atoms with Gasteiger partial charge in [0.15, 0.2) is 0 Å². The van der Waals surface area contributed by atoms with Crippen molar-refractivity contribution in [1.29, 1.82) is 5.26 Å². The van der Waals surface area contributed by atoms with Gasteiger partial charge in [-0.2, -0.15) is 5.26 Å². The molecule has 1 saturated carbocycles. The summed E-state index contributed by atoms with van der Waals surface area (Å²) in [4.78, 5) is 2.49. The van der Waals surface area contributed by atoms with Gasteiger partial charge in [0.05, 0.1) is 6.07 Å². The molecule has 0 radical (unpaired) electrons. The summed E-state index contributed by atoms with van der Waals surface area (Å²) in [5, 5.41) is 12.8. The van der Waals surface area contributed by atoms with E-state index in [1.54, 1.807) is 0 Å². The zero-order valence-corrected chi connectivity index (χ0v) is 10.7.